The summed E-state index contributed by atoms with van der Waals surface area (Å²) in [5.74, 6) is -0.954. The molecule has 0 saturated heterocycles. The number of carboxylic acids is 1. The summed E-state index contributed by atoms with van der Waals surface area (Å²) in [7, 11) is 0. The fourth-order valence-electron chi connectivity index (χ4n) is 2.15. The molecule has 1 fully saturated rings. The molecule has 0 radical (unpaired) electrons. The Bertz CT molecular complexity index is 465. The fraction of sp³-hybridized carbons (Fsp3) is 0.636. The van der Waals surface area contributed by atoms with Gasteiger partial charge in [-0.25, -0.2) is 0 Å². The van der Waals surface area contributed by atoms with Gasteiger partial charge in [0.25, 0.3) is 11.7 Å². The van der Waals surface area contributed by atoms with E-state index in [1.165, 1.54) is 0 Å². The SMILES string of the molecule is Cc1nc(C(=O)NCC2(CC(=O)O)CCC2)no1. The van der Waals surface area contributed by atoms with Crippen molar-refractivity contribution in [2.75, 3.05) is 6.54 Å². The van der Waals surface area contributed by atoms with Crippen molar-refractivity contribution in [2.45, 2.75) is 32.6 Å². The molecular weight excluding hydrogens is 238 g/mol. The number of nitrogens with zero attached hydrogens (tertiary/aromatic N) is 2. The van der Waals surface area contributed by atoms with E-state index in [-0.39, 0.29) is 17.7 Å². The van der Waals surface area contributed by atoms with E-state index in [0.717, 1.165) is 19.3 Å². The highest BCUT2D eigenvalue weighted by atomic mass is 16.5. The molecule has 1 aliphatic carbocycles. The summed E-state index contributed by atoms with van der Waals surface area (Å²) in [6, 6.07) is 0. The highest BCUT2D eigenvalue weighted by molar-refractivity contribution is 5.90. The van der Waals surface area contributed by atoms with E-state index in [9.17, 15) is 9.59 Å². The Hall–Kier alpha value is -1.92. The van der Waals surface area contributed by atoms with Gasteiger partial charge < -0.3 is 14.9 Å². The number of carbonyl (C=O) groups excluding carboxylic acids is 1. The summed E-state index contributed by atoms with van der Waals surface area (Å²) in [5, 5.41) is 15.0. The molecule has 0 spiro atoms. The van der Waals surface area contributed by atoms with Gasteiger partial charge in [0.05, 0.1) is 6.42 Å². The number of nitrogens with one attached hydrogen (secondary N) is 1. The second-order valence-corrected chi connectivity index (χ2v) is 4.74. The van der Waals surface area contributed by atoms with Gasteiger partial charge in [0.1, 0.15) is 0 Å². The Kier molecular flexibility index (Phi) is 3.31. The van der Waals surface area contributed by atoms with Crippen molar-refractivity contribution in [3.8, 4) is 0 Å². The van der Waals surface area contributed by atoms with Gasteiger partial charge in [0.2, 0.25) is 5.89 Å². The summed E-state index contributed by atoms with van der Waals surface area (Å²) >= 11 is 0. The number of carbonyl (C=O) groups is 2. The van der Waals surface area contributed by atoms with Crippen molar-refractivity contribution in [3.63, 3.8) is 0 Å². The molecule has 7 nitrogen and oxygen atoms in total. The minimum Gasteiger partial charge on any atom is -0.481 e. The molecule has 1 heterocycles. The zero-order chi connectivity index (χ0) is 13.2. The van der Waals surface area contributed by atoms with Crippen molar-refractivity contribution >= 4 is 11.9 Å². The topological polar surface area (TPSA) is 105 Å². The van der Waals surface area contributed by atoms with Crippen LogP contribution >= 0.6 is 0 Å². The zero-order valence-electron chi connectivity index (χ0n) is 10.1. The van der Waals surface area contributed by atoms with E-state index >= 15 is 0 Å². The van der Waals surface area contributed by atoms with Gasteiger partial charge in [-0.05, 0) is 18.3 Å². The maximum Gasteiger partial charge on any atom is 0.303 e. The normalized spacial score (nSPS) is 16.9. The van der Waals surface area contributed by atoms with Gasteiger partial charge in [0.15, 0.2) is 0 Å². The third-order valence-electron chi connectivity index (χ3n) is 3.30. The van der Waals surface area contributed by atoms with Gasteiger partial charge >= 0.3 is 5.97 Å². The van der Waals surface area contributed by atoms with Crippen LogP contribution in [0.5, 0.6) is 0 Å². The van der Waals surface area contributed by atoms with Crippen molar-refractivity contribution < 1.29 is 19.2 Å². The molecule has 0 atom stereocenters. The lowest BCUT2D eigenvalue weighted by Crippen LogP contribution is -2.43. The van der Waals surface area contributed by atoms with Crippen LogP contribution in [-0.2, 0) is 4.79 Å². The molecular formula is C11H15N3O4. The van der Waals surface area contributed by atoms with Crippen molar-refractivity contribution in [2.24, 2.45) is 5.41 Å². The van der Waals surface area contributed by atoms with Crippen molar-refractivity contribution in [1.82, 2.24) is 15.5 Å². The van der Waals surface area contributed by atoms with Crippen LogP contribution in [0.2, 0.25) is 0 Å². The molecule has 1 aliphatic rings. The van der Waals surface area contributed by atoms with Crippen molar-refractivity contribution in [1.29, 1.82) is 0 Å². The summed E-state index contributed by atoms with van der Waals surface area (Å²) in [4.78, 5) is 26.3. The van der Waals surface area contributed by atoms with Crippen LogP contribution in [0.4, 0.5) is 0 Å². The highest BCUT2D eigenvalue weighted by Gasteiger charge is 2.39. The van der Waals surface area contributed by atoms with Crippen molar-refractivity contribution in [3.05, 3.63) is 11.7 Å². The second kappa shape index (κ2) is 4.75. The fourth-order valence-corrected chi connectivity index (χ4v) is 2.15. The number of aryl methyl sites for hydroxylation is 1. The molecule has 98 valence electrons. The van der Waals surface area contributed by atoms with Gasteiger partial charge in [-0.1, -0.05) is 11.6 Å². The Morgan fingerprint density at radius 1 is 1.50 bits per heavy atom. The number of amides is 1. The predicted molar refractivity (Wildman–Crippen MR) is 59.9 cm³/mol. The minimum absolute atomic E-state index is 0.0164. The highest BCUT2D eigenvalue weighted by Crippen LogP contribution is 2.43. The van der Waals surface area contributed by atoms with Gasteiger partial charge in [0, 0.05) is 13.5 Å². The predicted octanol–water partition coefficient (Wildman–Crippen LogP) is 0.753. The van der Waals surface area contributed by atoms with Crippen LogP contribution in [-0.4, -0.2) is 33.7 Å². The molecule has 2 rings (SSSR count). The molecule has 1 amide bonds. The average molecular weight is 253 g/mol. The molecule has 0 bridgehead atoms. The molecule has 1 aromatic rings. The summed E-state index contributed by atoms with van der Waals surface area (Å²) in [5.41, 5.74) is -0.305. The Morgan fingerprint density at radius 3 is 2.67 bits per heavy atom. The van der Waals surface area contributed by atoms with E-state index in [4.69, 9.17) is 9.63 Å². The molecule has 0 aliphatic heterocycles. The van der Waals surface area contributed by atoms with Crippen LogP contribution in [0, 0.1) is 12.3 Å². The smallest absolute Gasteiger partial charge is 0.303 e. The van der Waals surface area contributed by atoms with Gasteiger partial charge in [-0.3, -0.25) is 9.59 Å². The number of hydrogen-bond acceptors (Lipinski definition) is 5. The third-order valence-corrected chi connectivity index (χ3v) is 3.30. The molecule has 1 aromatic heterocycles. The molecule has 18 heavy (non-hydrogen) atoms. The second-order valence-electron chi connectivity index (χ2n) is 4.74. The van der Waals surface area contributed by atoms with E-state index in [1.54, 1.807) is 6.92 Å². The van der Waals surface area contributed by atoms with Gasteiger partial charge in [-0.15, -0.1) is 0 Å². The van der Waals surface area contributed by atoms with Crippen LogP contribution in [0.15, 0.2) is 4.52 Å². The number of aliphatic carboxylic acids is 1. The van der Waals surface area contributed by atoms with Crippen LogP contribution in [0.3, 0.4) is 0 Å². The molecule has 7 heteroatoms. The lowest BCUT2D eigenvalue weighted by atomic mass is 9.66. The first-order chi connectivity index (χ1) is 8.51. The monoisotopic (exact) mass is 253 g/mol. The zero-order valence-corrected chi connectivity index (χ0v) is 10.1. The van der Waals surface area contributed by atoms with E-state index < -0.39 is 11.9 Å². The van der Waals surface area contributed by atoms with Crippen LogP contribution in [0.25, 0.3) is 0 Å². The average Bonchev–Trinajstić information content (AvgIpc) is 2.68. The summed E-state index contributed by atoms with van der Waals surface area (Å²) in [6.45, 7) is 1.94. The molecule has 2 N–H and O–H groups in total. The first-order valence-electron chi connectivity index (χ1n) is 5.81. The third kappa shape index (κ3) is 2.66. The van der Waals surface area contributed by atoms with Crippen LogP contribution in [0.1, 0.15) is 42.2 Å². The lowest BCUT2D eigenvalue weighted by molar-refractivity contribution is -0.141. The number of aromatic nitrogens is 2. The maximum absolute atomic E-state index is 11.7. The van der Waals surface area contributed by atoms with Gasteiger partial charge in [-0.2, -0.15) is 4.98 Å². The molecule has 0 unspecified atom stereocenters. The first kappa shape index (κ1) is 12.5. The standard InChI is InChI=1S/C11H15N3O4/c1-7-13-9(14-18-7)10(17)12-6-11(3-2-4-11)5-8(15)16/h2-6H2,1H3,(H,12,17)(H,15,16). The maximum atomic E-state index is 11.7. The quantitative estimate of drug-likeness (QED) is 0.802. The first-order valence-corrected chi connectivity index (χ1v) is 5.81. The summed E-state index contributed by atoms with van der Waals surface area (Å²) in [6.07, 6.45) is 2.73. The van der Waals surface area contributed by atoms with E-state index in [2.05, 4.69) is 15.5 Å². The number of carboxylic acid groups (broad SMARTS) is 1. The molecule has 0 aromatic carbocycles. The Morgan fingerprint density at radius 2 is 2.22 bits per heavy atom. The lowest BCUT2D eigenvalue weighted by Gasteiger charge is -2.40. The van der Waals surface area contributed by atoms with E-state index in [0.29, 0.717) is 12.4 Å². The largest absolute Gasteiger partial charge is 0.481 e. The molecule has 1 saturated carbocycles. The number of rotatable bonds is 5. The number of hydrogen-bond donors (Lipinski definition) is 2. The Labute approximate surface area is 104 Å². The Balaban J connectivity index is 1.90. The summed E-state index contributed by atoms with van der Waals surface area (Å²) < 4.78 is 4.71. The van der Waals surface area contributed by atoms with Crippen LogP contribution < -0.4 is 5.32 Å². The van der Waals surface area contributed by atoms with E-state index in [1.807, 2.05) is 0 Å². The minimum atomic E-state index is -0.834.